The molecule has 0 aliphatic heterocycles. The third kappa shape index (κ3) is 5.27. The summed E-state index contributed by atoms with van der Waals surface area (Å²) in [5.41, 5.74) is 0.871. The molecule has 1 saturated carbocycles. The molecule has 1 unspecified atom stereocenters. The monoisotopic (exact) mass is 324 g/mol. The molecule has 128 valence electrons. The summed E-state index contributed by atoms with van der Waals surface area (Å²) in [6, 6.07) is 5.99. The van der Waals surface area contributed by atoms with E-state index in [1.807, 2.05) is 11.9 Å². The van der Waals surface area contributed by atoms with Crippen LogP contribution in [0.2, 0.25) is 0 Å². The number of hydrogen-bond donors (Lipinski definition) is 2. The number of rotatable bonds is 8. The van der Waals surface area contributed by atoms with E-state index in [0.717, 1.165) is 5.56 Å². The Balaban J connectivity index is 1.97. The molecule has 0 aromatic heterocycles. The van der Waals surface area contributed by atoms with Gasteiger partial charge in [0.2, 0.25) is 5.91 Å². The van der Waals surface area contributed by atoms with Gasteiger partial charge >= 0.3 is 0 Å². The molecule has 0 radical (unpaired) electrons. The summed E-state index contributed by atoms with van der Waals surface area (Å²) < 4.78 is 18.1. The lowest BCUT2D eigenvalue weighted by molar-refractivity contribution is -0.124. The zero-order valence-corrected chi connectivity index (χ0v) is 13.7. The molecule has 1 aliphatic rings. The van der Waals surface area contributed by atoms with Crippen LogP contribution in [0.5, 0.6) is 0 Å². The number of carbonyl (C=O) groups excluding carboxylic acids is 1. The standard InChI is InChI=1S/C17H25FN2O3/c1-20(7-8-23-2)11-16(22)19-17(13-9-15(21)10-13)12-3-5-14(18)6-4-12/h3-6,13,15,17,21H,7-11H2,1-2H3,(H,19,22). The van der Waals surface area contributed by atoms with E-state index in [9.17, 15) is 14.3 Å². The van der Waals surface area contributed by atoms with E-state index in [1.54, 1.807) is 19.2 Å². The maximum absolute atomic E-state index is 13.1. The van der Waals surface area contributed by atoms with Crippen LogP contribution >= 0.6 is 0 Å². The second-order valence-electron chi connectivity index (χ2n) is 6.21. The average Bonchev–Trinajstić information content (AvgIpc) is 2.49. The van der Waals surface area contributed by atoms with Gasteiger partial charge in [0.15, 0.2) is 0 Å². The van der Waals surface area contributed by atoms with Crippen LogP contribution < -0.4 is 5.32 Å². The molecule has 2 N–H and O–H groups in total. The van der Waals surface area contributed by atoms with Crippen molar-refractivity contribution in [3.05, 3.63) is 35.6 Å². The molecule has 1 fully saturated rings. The fourth-order valence-electron chi connectivity index (χ4n) is 2.84. The Labute approximate surface area is 136 Å². The molecule has 0 spiro atoms. The van der Waals surface area contributed by atoms with E-state index in [-0.39, 0.29) is 36.3 Å². The molecule has 6 heteroatoms. The maximum atomic E-state index is 13.1. The largest absolute Gasteiger partial charge is 0.393 e. The molecular formula is C17H25FN2O3. The van der Waals surface area contributed by atoms with Crippen molar-refractivity contribution in [2.75, 3.05) is 33.9 Å². The molecule has 1 aliphatic carbocycles. The van der Waals surface area contributed by atoms with Crippen LogP contribution in [-0.4, -0.2) is 55.9 Å². The Hall–Kier alpha value is -1.50. The van der Waals surface area contributed by atoms with Gasteiger partial charge < -0.3 is 15.2 Å². The Morgan fingerprint density at radius 2 is 2.09 bits per heavy atom. The zero-order chi connectivity index (χ0) is 16.8. The number of likely N-dealkylation sites (N-methyl/N-ethyl adjacent to an activating group) is 1. The van der Waals surface area contributed by atoms with E-state index in [4.69, 9.17) is 4.74 Å². The van der Waals surface area contributed by atoms with Gasteiger partial charge in [-0.3, -0.25) is 9.69 Å². The summed E-state index contributed by atoms with van der Waals surface area (Å²) in [6.45, 7) is 1.52. The van der Waals surface area contributed by atoms with Crippen molar-refractivity contribution in [3.63, 3.8) is 0 Å². The molecule has 1 atom stereocenters. The Kier molecular flexibility index (Phi) is 6.50. The first-order valence-corrected chi connectivity index (χ1v) is 7.90. The number of hydrogen-bond acceptors (Lipinski definition) is 4. The fraction of sp³-hybridized carbons (Fsp3) is 0.588. The SMILES string of the molecule is COCCN(C)CC(=O)NC(c1ccc(F)cc1)C1CC(O)C1. The van der Waals surface area contributed by atoms with E-state index in [2.05, 4.69) is 5.32 Å². The lowest BCUT2D eigenvalue weighted by Crippen LogP contribution is -2.44. The number of methoxy groups -OCH3 is 1. The minimum absolute atomic E-state index is 0.0840. The number of nitrogens with one attached hydrogen (secondary N) is 1. The third-order valence-corrected chi connectivity index (χ3v) is 4.26. The second kappa shape index (κ2) is 8.38. The quantitative estimate of drug-likeness (QED) is 0.757. The predicted octanol–water partition coefficient (Wildman–Crippen LogP) is 1.33. The topological polar surface area (TPSA) is 61.8 Å². The molecule has 1 aromatic rings. The van der Waals surface area contributed by atoms with Crippen molar-refractivity contribution in [2.45, 2.75) is 25.0 Å². The smallest absolute Gasteiger partial charge is 0.234 e. The van der Waals surface area contributed by atoms with Crippen LogP contribution in [0.25, 0.3) is 0 Å². The zero-order valence-electron chi connectivity index (χ0n) is 13.7. The maximum Gasteiger partial charge on any atom is 0.234 e. The Morgan fingerprint density at radius 1 is 1.43 bits per heavy atom. The summed E-state index contributed by atoms with van der Waals surface area (Å²) in [4.78, 5) is 14.1. The molecule has 0 saturated heterocycles. The minimum atomic E-state index is -0.302. The summed E-state index contributed by atoms with van der Waals surface area (Å²) >= 11 is 0. The van der Waals surface area contributed by atoms with Crippen molar-refractivity contribution >= 4 is 5.91 Å². The number of carbonyl (C=O) groups is 1. The van der Waals surface area contributed by atoms with Crippen LogP contribution in [0.4, 0.5) is 4.39 Å². The van der Waals surface area contributed by atoms with E-state index >= 15 is 0 Å². The van der Waals surface area contributed by atoms with Crippen molar-refractivity contribution in [1.82, 2.24) is 10.2 Å². The number of halogens is 1. The second-order valence-corrected chi connectivity index (χ2v) is 6.21. The van der Waals surface area contributed by atoms with E-state index in [1.165, 1.54) is 12.1 Å². The summed E-state index contributed by atoms with van der Waals surface area (Å²) in [7, 11) is 3.49. The van der Waals surface area contributed by atoms with Crippen molar-refractivity contribution in [3.8, 4) is 0 Å². The number of benzene rings is 1. The van der Waals surface area contributed by atoms with Gasteiger partial charge in [0.25, 0.3) is 0 Å². The number of aliphatic hydroxyl groups excluding tert-OH is 1. The van der Waals surface area contributed by atoms with Gasteiger partial charge in [-0.15, -0.1) is 0 Å². The molecule has 2 rings (SSSR count). The molecule has 5 nitrogen and oxygen atoms in total. The number of nitrogens with zero attached hydrogens (tertiary/aromatic N) is 1. The lowest BCUT2D eigenvalue weighted by atomic mass is 9.75. The van der Waals surface area contributed by atoms with Crippen LogP contribution in [-0.2, 0) is 9.53 Å². The van der Waals surface area contributed by atoms with E-state index < -0.39 is 0 Å². The van der Waals surface area contributed by atoms with Crippen LogP contribution in [0.3, 0.4) is 0 Å². The highest BCUT2D eigenvalue weighted by Gasteiger charge is 2.35. The molecule has 23 heavy (non-hydrogen) atoms. The van der Waals surface area contributed by atoms with Crippen LogP contribution in [0.15, 0.2) is 24.3 Å². The molecular weight excluding hydrogens is 299 g/mol. The van der Waals surface area contributed by atoms with E-state index in [0.29, 0.717) is 26.0 Å². The average molecular weight is 324 g/mol. The number of amides is 1. The van der Waals surface area contributed by atoms with Crippen molar-refractivity contribution in [1.29, 1.82) is 0 Å². The first-order chi connectivity index (χ1) is 11.0. The molecule has 0 heterocycles. The predicted molar refractivity (Wildman–Crippen MR) is 85.4 cm³/mol. The Bertz CT molecular complexity index is 503. The summed E-state index contributed by atoms with van der Waals surface area (Å²) in [5, 5.41) is 12.6. The van der Waals surface area contributed by atoms with Crippen molar-refractivity contribution in [2.24, 2.45) is 5.92 Å². The lowest BCUT2D eigenvalue weighted by Gasteiger charge is -2.38. The highest BCUT2D eigenvalue weighted by molar-refractivity contribution is 5.78. The van der Waals surface area contributed by atoms with Gasteiger partial charge in [-0.1, -0.05) is 12.1 Å². The minimum Gasteiger partial charge on any atom is -0.393 e. The normalized spacial score (nSPS) is 21.8. The molecule has 0 bridgehead atoms. The van der Waals surface area contributed by atoms with Gasteiger partial charge in [0.05, 0.1) is 25.3 Å². The van der Waals surface area contributed by atoms with Gasteiger partial charge in [0, 0.05) is 13.7 Å². The highest BCUT2D eigenvalue weighted by atomic mass is 19.1. The van der Waals surface area contributed by atoms with Crippen LogP contribution in [0.1, 0.15) is 24.4 Å². The van der Waals surface area contributed by atoms with Gasteiger partial charge in [-0.05, 0) is 43.5 Å². The number of ether oxygens (including phenoxy) is 1. The fourth-order valence-corrected chi connectivity index (χ4v) is 2.84. The van der Waals surface area contributed by atoms with Crippen LogP contribution in [0, 0.1) is 11.7 Å². The molecule has 1 amide bonds. The summed E-state index contributed by atoms with van der Waals surface area (Å²) in [6.07, 6.45) is 1.01. The first kappa shape index (κ1) is 17.8. The third-order valence-electron chi connectivity index (χ3n) is 4.26. The Morgan fingerprint density at radius 3 is 2.65 bits per heavy atom. The summed E-state index contributed by atoms with van der Waals surface area (Å²) in [5.74, 6) is -0.199. The number of aliphatic hydroxyl groups is 1. The van der Waals surface area contributed by atoms with Gasteiger partial charge in [-0.2, -0.15) is 0 Å². The first-order valence-electron chi connectivity index (χ1n) is 7.90. The molecule has 1 aromatic carbocycles. The van der Waals surface area contributed by atoms with Gasteiger partial charge in [0.1, 0.15) is 5.82 Å². The van der Waals surface area contributed by atoms with Gasteiger partial charge in [-0.25, -0.2) is 4.39 Å². The van der Waals surface area contributed by atoms with Crippen molar-refractivity contribution < 1.29 is 19.0 Å². The highest BCUT2D eigenvalue weighted by Crippen LogP contribution is 2.38.